The van der Waals surface area contributed by atoms with Crippen LogP contribution in [0.3, 0.4) is 0 Å². The van der Waals surface area contributed by atoms with Gasteiger partial charge in [-0.25, -0.2) is 4.98 Å². The SMILES string of the molecule is COc1cccc(C[C@H]2[C@H]3C[C@H](CN(c4cncc(C)n4)C3)[C@@H]3CCCC(=O)N32)c1. The van der Waals surface area contributed by atoms with Crippen molar-refractivity contribution in [1.29, 1.82) is 0 Å². The van der Waals surface area contributed by atoms with Crippen LogP contribution in [0.4, 0.5) is 5.82 Å². The lowest BCUT2D eigenvalue weighted by Gasteiger charge is -2.57. The number of nitrogens with zero attached hydrogens (tertiary/aromatic N) is 4. The lowest BCUT2D eigenvalue weighted by molar-refractivity contribution is -0.148. The van der Waals surface area contributed by atoms with Crippen molar-refractivity contribution in [2.75, 3.05) is 25.1 Å². The van der Waals surface area contributed by atoms with Gasteiger partial charge in [-0.05, 0) is 62.1 Å². The second kappa shape index (κ2) is 7.89. The van der Waals surface area contributed by atoms with Crippen molar-refractivity contribution in [3.63, 3.8) is 0 Å². The molecule has 4 heterocycles. The molecule has 0 spiro atoms. The number of fused-ring (bicyclic) bond motifs is 4. The zero-order valence-corrected chi connectivity index (χ0v) is 17.8. The van der Waals surface area contributed by atoms with Gasteiger partial charge in [-0.2, -0.15) is 0 Å². The lowest BCUT2D eigenvalue weighted by Crippen LogP contribution is -2.65. The third-order valence-corrected chi connectivity index (χ3v) is 7.14. The second-order valence-electron chi connectivity index (χ2n) is 9.06. The molecule has 5 rings (SSSR count). The number of amides is 1. The minimum atomic E-state index is 0.228. The van der Waals surface area contributed by atoms with Crippen LogP contribution in [-0.4, -0.2) is 53.1 Å². The number of carbonyl (C=O) groups excluding carboxylic acids is 1. The standard InChI is InChI=1S/C24H30N4O2/c1-16-12-25-13-23(26-16)27-14-18-11-19(15-27)22(28-21(18)7-4-8-24(28)29)10-17-5-3-6-20(9-17)30-2/h3,5-6,9,12-13,18-19,21-22H,4,7-8,10-11,14-15H2,1-2H3/t18-,19+,21+,22+/m1/s1. The number of aromatic nitrogens is 2. The van der Waals surface area contributed by atoms with Gasteiger partial charge in [0.15, 0.2) is 0 Å². The third kappa shape index (κ3) is 3.53. The molecule has 2 bridgehead atoms. The number of hydrogen-bond donors (Lipinski definition) is 0. The first-order valence-electron chi connectivity index (χ1n) is 11.1. The molecule has 30 heavy (non-hydrogen) atoms. The number of methoxy groups -OCH3 is 1. The van der Waals surface area contributed by atoms with Crippen LogP contribution in [0.15, 0.2) is 36.7 Å². The molecule has 0 N–H and O–H groups in total. The van der Waals surface area contributed by atoms with Crippen molar-refractivity contribution in [1.82, 2.24) is 14.9 Å². The van der Waals surface area contributed by atoms with E-state index in [-0.39, 0.29) is 6.04 Å². The van der Waals surface area contributed by atoms with Crippen LogP contribution in [0.25, 0.3) is 0 Å². The lowest BCUT2D eigenvalue weighted by atomic mass is 9.71. The Morgan fingerprint density at radius 2 is 2.07 bits per heavy atom. The fraction of sp³-hybridized carbons (Fsp3) is 0.542. The predicted octanol–water partition coefficient (Wildman–Crippen LogP) is 3.24. The summed E-state index contributed by atoms with van der Waals surface area (Å²) >= 11 is 0. The number of benzene rings is 1. The summed E-state index contributed by atoms with van der Waals surface area (Å²) in [6.45, 7) is 3.89. The molecule has 158 valence electrons. The monoisotopic (exact) mass is 406 g/mol. The zero-order valence-electron chi connectivity index (χ0n) is 17.8. The first-order chi connectivity index (χ1) is 14.6. The Morgan fingerprint density at radius 3 is 2.90 bits per heavy atom. The van der Waals surface area contributed by atoms with E-state index in [4.69, 9.17) is 9.72 Å². The van der Waals surface area contributed by atoms with Crippen LogP contribution < -0.4 is 9.64 Å². The highest BCUT2D eigenvalue weighted by molar-refractivity contribution is 5.78. The molecule has 3 aliphatic rings. The normalized spacial score (nSPS) is 28.3. The maximum Gasteiger partial charge on any atom is 0.223 e. The maximum atomic E-state index is 13.0. The summed E-state index contributed by atoms with van der Waals surface area (Å²) in [4.78, 5) is 26.8. The molecular formula is C24H30N4O2. The average molecular weight is 407 g/mol. The van der Waals surface area contributed by atoms with Crippen molar-refractivity contribution in [2.45, 2.75) is 51.1 Å². The molecule has 1 amide bonds. The van der Waals surface area contributed by atoms with Crippen molar-refractivity contribution >= 4 is 11.7 Å². The number of ether oxygens (including phenoxy) is 1. The van der Waals surface area contributed by atoms with Crippen LogP contribution >= 0.6 is 0 Å². The smallest absolute Gasteiger partial charge is 0.223 e. The van der Waals surface area contributed by atoms with Crippen LogP contribution in [0.2, 0.25) is 0 Å². The molecule has 4 atom stereocenters. The van der Waals surface area contributed by atoms with E-state index < -0.39 is 0 Å². The average Bonchev–Trinajstić information content (AvgIpc) is 2.77. The number of aryl methyl sites for hydroxylation is 1. The van der Waals surface area contributed by atoms with Crippen molar-refractivity contribution in [2.24, 2.45) is 11.8 Å². The minimum absolute atomic E-state index is 0.228. The summed E-state index contributed by atoms with van der Waals surface area (Å²) in [5.74, 6) is 3.15. The first-order valence-corrected chi connectivity index (χ1v) is 11.1. The molecule has 1 aromatic heterocycles. The number of piperidine rings is 3. The quantitative estimate of drug-likeness (QED) is 0.780. The van der Waals surface area contributed by atoms with Gasteiger partial charge in [0.2, 0.25) is 5.91 Å². The van der Waals surface area contributed by atoms with Gasteiger partial charge in [0.05, 0.1) is 19.0 Å². The molecule has 6 nitrogen and oxygen atoms in total. The number of anilines is 1. The molecule has 2 aromatic rings. The molecule has 0 aliphatic carbocycles. The molecule has 3 aliphatic heterocycles. The van der Waals surface area contributed by atoms with E-state index in [1.807, 2.05) is 25.3 Å². The minimum Gasteiger partial charge on any atom is -0.497 e. The van der Waals surface area contributed by atoms with Gasteiger partial charge in [0, 0.05) is 37.8 Å². The largest absolute Gasteiger partial charge is 0.497 e. The summed E-state index contributed by atoms with van der Waals surface area (Å²) in [5, 5.41) is 0. The molecule has 1 aromatic carbocycles. The Labute approximate surface area is 178 Å². The highest BCUT2D eigenvalue weighted by Gasteiger charge is 2.49. The Kier molecular flexibility index (Phi) is 5.09. The van der Waals surface area contributed by atoms with Crippen molar-refractivity contribution in [3.05, 3.63) is 47.9 Å². The van der Waals surface area contributed by atoms with Gasteiger partial charge in [-0.15, -0.1) is 0 Å². The van der Waals surface area contributed by atoms with E-state index in [0.717, 1.165) is 49.6 Å². The summed E-state index contributed by atoms with van der Waals surface area (Å²) < 4.78 is 5.44. The summed E-state index contributed by atoms with van der Waals surface area (Å²) in [5.41, 5.74) is 2.19. The summed E-state index contributed by atoms with van der Waals surface area (Å²) in [6, 6.07) is 8.87. The summed E-state index contributed by atoms with van der Waals surface area (Å²) in [6.07, 6.45) is 8.58. The highest BCUT2D eigenvalue weighted by Crippen LogP contribution is 2.43. The number of carbonyl (C=O) groups is 1. The second-order valence-corrected chi connectivity index (χ2v) is 9.06. The Hall–Kier alpha value is -2.63. The molecule has 0 saturated carbocycles. The Morgan fingerprint density at radius 1 is 1.20 bits per heavy atom. The van der Waals surface area contributed by atoms with E-state index in [1.165, 1.54) is 12.0 Å². The number of rotatable bonds is 4. The van der Waals surface area contributed by atoms with Gasteiger partial charge < -0.3 is 14.5 Å². The third-order valence-electron chi connectivity index (χ3n) is 7.14. The van der Waals surface area contributed by atoms with Gasteiger partial charge in [0.25, 0.3) is 0 Å². The fourth-order valence-electron chi connectivity index (χ4n) is 5.87. The van der Waals surface area contributed by atoms with E-state index in [2.05, 4.69) is 26.9 Å². The Bertz CT molecular complexity index is 933. The highest BCUT2D eigenvalue weighted by atomic mass is 16.5. The Balaban J connectivity index is 1.46. The van der Waals surface area contributed by atoms with Gasteiger partial charge in [-0.1, -0.05) is 12.1 Å². The topological polar surface area (TPSA) is 58.6 Å². The van der Waals surface area contributed by atoms with Crippen molar-refractivity contribution < 1.29 is 9.53 Å². The molecule has 6 heteroatoms. The molecule has 0 unspecified atom stereocenters. The predicted molar refractivity (Wildman–Crippen MR) is 116 cm³/mol. The van der Waals surface area contributed by atoms with Crippen LogP contribution in [0.5, 0.6) is 5.75 Å². The molecule has 0 radical (unpaired) electrons. The summed E-state index contributed by atoms with van der Waals surface area (Å²) in [7, 11) is 1.70. The van der Waals surface area contributed by atoms with E-state index in [1.54, 1.807) is 13.3 Å². The van der Waals surface area contributed by atoms with Crippen LogP contribution in [0, 0.1) is 18.8 Å². The maximum absolute atomic E-state index is 13.0. The molecule has 3 fully saturated rings. The van der Waals surface area contributed by atoms with E-state index in [9.17, 15) is 4.79 Å². The van der Waals surface area contributed by atoms with E-state index in [0.29, 0.717) is 30.2 Å². The van der Waals surface area contributed by atoms with E-state index >= 15 is 0 Å². The molecular weight excluding hydrogens is 376 g/mol. The molecule has 3 saturated heterocycles. The zero-order chi connectivity index (χ0) is 20.7. The fourth-order valence-corrected chi connectivity index (χ4v) is 5.87. The van der Waals surface area contributed by atoms with Gasteiger partial charge in [-0.3, -0.25) is 9.78 Å². The van der Waals surface area contributed by atoms with Crippen molar-refractivity contribution in [3.8, 4) is 5.75 Å². The van der Waals surface area contributed by atoms with Gasteiger partial charge >= 0.3 is 0 Å². The first kappa shape index (κ1) is 19.3. The van der Waals surface area contributed by atoms with Crippen LogP contribution in [-0.2, 0) is 11.2 Å². The number of hydrogen-bond acceptors (Lipinski definition) is 5. The van der Waals surface area contributed by atoms with Crippen LogP contribution in [0.1, 0.15) is 36.9 Å². The van der Waals surface area contributed by atoms with Gasteiger partial charge in [0.1, 0.15) is 11.6 Å².